The first-order valence-corrected chi connectivity index (χ1v) is 13.2. The van der Waals surface area contributed by atoms with E-state index in [1.54, 1.807) is 12.1 Å². The van der Waals surface area contributed by atoms with Gasteiger partial charge in [-0.2, -0.15) is 0 Å². The van der Waals surface area contributed by atoms with Crippen molar-refractivity contribution in [2.24, 2.45) is 5.41 Å². The zero-order chi connectivity index (χ0) is 26.3. The average Bonchev–Trinajstić information content (AvgIpc) is 3.42. The van der Waals surface area contributed by atoms with Gasteiger partial charge in [0.15, 0.2) is 0 Å². The fourth-order valence-electron chi connectivity index (χ4n) is 5.59. The van der Waals surface area contributed by atoms with Crippen LogP contribution in [0.2, 0.25) is 5.02 Å². The number of amides is 1. The Morgan fingerprint density at radius 1 is 1.14 bits per heavy atom. The Labute approximate surface area is 220 Å². The molecule has 1 aliphatic carbocycles. The van der Waals surface area contributed by atoms with Gasteiger partial charge in [0.1, 0.15) is 23.4 Å². The Morgan fingerprint density at radius 2 is 1.92 bits per heavy atom. The van der Waals surface area contributed by atoms with E-state index in [0.717, 1.165) is 43.5 Å². The molecule has 198 valence electrons. The topological polar surface area (TPSA) is 70.1 Å². The average molecular weight is 533 g/mol. The van der Waals surface area contributed by atoms with Gasteiger partial charge in [0, 0.05) is 36.1 Å². The highest BCUT2D eigenvalue weighted by Gasteiger charge is 2.38. The van der Waals surface area contributed by atoms with E-state index in [0.29, 0.717) is 43.3 Å². The molecule has 0 bridgehead atoms. The van der Waals surface area contributed by atoms with Crippen molar-refractivity contribution in [1.29, 1.82) is 0 Å². The van der Waals surface area contributed by atoms with Crippen molar-refractivity contribution in [3.63, 3.8) is 0 Å². The van der Waals surface area contributed by atoms with E-state index in [4.69, 9.17) is 16.3 Å². The molecule has 3 fully saturated rings. The standard InChI is InChI=1S/C28H31ClF2N2O4/c1-28(6-8-32(15-28)14-17-9-19(29)11-20(30)10-17)16-37-25-13-23(31)22(12-21(25)18-4-5-18)26(34)33-7-2-3-24(33)27(35)36/h9-13,18,24H,2-8,14-16H2,1H3,(H,35,36)/t24-,28+/m0/s1. The summed E-state index contributed by atoms with van der Waals surface area (Å²) < 4.78 is 35.1. The van der Waals surface area contributed by atoms with Crippen molar-refractivity contribution in [3.8, 4) is 5.75 Å². The second-order valence-corrected chi connectivity index (χ2v) is 11.4. The van der Waals surface area contributed by atoms with Gasteiger partial charge >= 0.3 is 5.97 Å². The molecule has 9 heteroatoms. The minimum Gasteiger partial charge on any atom is -0.493 e. The molecule has 2 saturated heterocycles. The summed E-state index contributed by atoms with van der Waals surface area (Å²) in [5, 5.41) is 9.81. The first kappa shape index (κ1) is 25.9. The lowest BCUT2D eigenvalue weighted by molar-refractivity contribution is -0.141. The zero-order valence-electron chi connectivity index (χ0n) is 20.8. The minimum absolute atomic E-state index is 0.0885. The van der Waals surface area contributed by atoms with Crippen LogP contribution in [0.4, 0.5) is 8.78 Å². The molecule has 0 spiro atoms. The number of hydrogen-bond donors (Lipinski definition) is 1. The number of carbonyl (C=O) groups is 2. The van der Waals surface area contributed by atoms with Crippen molar-refractivity contribution in [2.45, 2.75) is 57.5 Å². The van der Waals surface area contributed by atoms with Crippen LogP contribution < -0.4 is 4.74 Å². The third kappa shape index (κ3) is 5.75. The molecule has 0 unspecified atom stereocenters. The SMILES string of the molecule is C[C@@]1(COc2cc(F)c(C(=O)N3CCC[C@H]3C(=O)O)cc2C2CC2)CCN(Cc2cc(F)cc(Cl)c2)C1. The molecule has 1 N–H and O–H groups in total. The van der Waals surface area contributed by atoms with Gasteiger partial charge in [-0.05, 0) is 80.0 Å². The predicted octanol–water partition coefficient (Wildman–Crippen LogP) is 5.48. The van der Waals surface area contributed by atoms with Crippen LogP contribution in [0, 0.1) is 17.0 Å². The Balaban J connectivity index is 1.28. The molecular weight excluding hydrogens is 502 g/mol. The molecule has 37 heavy (non-hydrogen) atoms. The van der Waals surface area contributed by atoms with Gasteiger partial charge in [-0.25, -0.2) is 13.6 Å². The summed E-state index contributed by atoms with van der Waals surface area (Å²) in [5.41, 5.74) is 1.36. The lowest BCUT2D eigenvalue weighted by atomic mass is 9.91. The number of carboxylic acids is 1. The lowest BCUT2D eigenvalue weighted by Crippen LogP contribution is -2.40. The Hall–Kier alpha value is -2.71. The molecule has 6 nitrogen and oxygen atoms in total. The molecule has 2 aromatic carbocycles. The zero-order valence-corrected chi connectivity index (χ0v) is 21.6. The summed E-state index contributed by atoms with van der Waals surface area (Å²) in [5.74, 6) is -2.03. The lowest BCUT2D eigenvalue weighted by Gasteiger charge is -2.26. The van der Waals surface area contributed by atoms with Crippen LogP contribution in [0.15, 0.2) is 30.3 Å². The van der Waals surface area contributed by atoms with Crippen molar-refractivity contribution in [3.05, 3.63) is 63.7 Å². The molecule has 2 heterocycles. The highest BCUT2D eigenvalue weighted by Crippen LogP contribution is 2.46. The molecule has 1 amide bonds. The van der Waals surface area contributed by atoms with E-state index >= 15 is 4.39 Å². The number of ether oxygens (including phenoxy) is 1. The van der Waals surface area contributed by atoms with E-state index in [1.807, 2.05) is 0 Å². The molecule has 0 radical (unpaired) electrons. The van der Waals surface area contributed by atoms with E-state index < -0.39 is 23.7 Å². The van der Waals surface area contributed by atoms with E-state index in [-0.39, 0.29) is 22.7 Å². The number of nitrogens with zero attached hydrogens (tertiary/aromatic N) is 2. The third-order valence-electron chi connectivity index (χ3n) is 7.69. The first-order valence-electron chi connectivity index (χ1n) is 12.8. The molecule has 2 atom stereocenters. The first-order chi connectivity index (χ1) is 17.6. The van der Waals surface area contributed by atoms with Crippen LogP contribution in [-0.2, 0) is 11.3 Å². The number of benzene rings is 2. The Morgan fingerprint density at radius 3 is 2.62 bits per heavy atom. The van der Waals surface area contributed by atoms with Crippen LogP contribution in [-0.4, -0.2) is 59.1 Å². The van der Waals surface area contributed by atoms with Crippen LogP contribution in [0.25, 0.3) is 0 Å². The maximum atomic E-state index is 15.2. The fraction of sp³-hybridized carbons (Fsp3) is 0.500. The largest absolute Gasteiger partial charge is 0.493 e. The minimum atomic E-state index is -1.06. The smallest absolute Gasteiger partial charge is 0.326 e. The van der Waals surface area contributed by atoms with E-state index in [1.165, 1.54) is 23.1 Å². The van der Waals surface area contributed by atoms with E-state index in [9.17, 15) is 19.1 Å². The highest BCUT2D eigenvalue weighted by molar-refractivity contribution is 6.30. The summed E-state index contributed by atoms with van der Waals surface area (Å²) in [6.07, 6.45) is 3.72. The van der Waals surface area contributed by atoms with Gasteiger partial charge < -0.3 is 14.7 Å². The normalized spacial score (nSPS) is 24.0. The number of hydrogen-bond acceptors (Lipinski definition) is 4. The summed E-state index contributed by atoms with van der Waals surface area (Å²) >= 11 is 6.00. The van der Waals surface area contributed by atoms with Crippen LogP contribution in [0.5, 0.6) is 5.75 Å². The molecule has 1 saturated carbocycles. The second-order valence-electron chi connectivity index (χ2n) is 11.0. The van der Waals surface area contributed by atoms with Gasteiger partial charge in [-0.3, -0.25) is 9.69 Å². The van der Waals surface area contributed by atoms with Gasteiger partial charge in [0.05, 0.1) is 12.2 Å². The number of carbonyl (C=O) groups excluding carboxylic acids is 1. The quantitative estimate of drug-likeness (QED) is 0.488. The van der Waals surface area contributed by atoms with Crippen molar-refractivity contribution in [1.82, 2.24) is 9.80 Å². The summed E-state index contributed by atoms with van der Waals surface area (Å²) in [6.45, 7) is 4.96. The van der Waals surface area contributed by atoms with Gasteiger partial charge in [0.25, 0.3) is 5.91 Å². The van der Waals surface area contributed by atoms with Crippen molar-refractivity contribution < 1.29 is 28.2 Å². The van der Waals surface area contributed by atoms with Gasteiger partial charge in [-0.1, -0.05) is 18.5 Å². The van der Waals surface area contributed by atoms with Crippen LogP contribution >= 0.6 is 11.6 Å². The van der Waals surface area contributed by atoms with Gasteiger partial charge in [0.2, 0.25) is 0 Å². The molecule has 5 rings (SSSR count). The van der Waals surface area contributed by atoms with Crippen molar-refractivity contribution in [2.75, 3.05) is 26.2 Å². The van der Waals surface area contributed by atoms with Crippen LogP contribution in [0.3, 0.4) is 0 Å². The number of rotatable bonds is 8. The van der Waals surface area contributed by atoms with Crippen molar-refractivity contribution >= 4 is 23.5 Å². The summed E-state index contributed by atoms with van der Waals surface area (Å²) in [4.78, 5) is 28.1. The Kier molecular flexibility index (Phi) is 7.16. The number of aliphatic carboxylic acids is 1. The Bertz CT molecular complexity index is 1200. The number of likely N-dealkylation sites (tertiary alicyclic amines) is 2. The summed E-state index contributed by atoms with van der Waals surface area (Å²) in [7, 11) is 0. The molecular formula is C28H31ClF2N2O4. The van der Waals surface area contributed by atoms with Gasteiger partial charge in [-0.15, -0.1) is 0 Å². The molecule has 3 aliphatic rings. The molecule has 2 aliphatic heterocycles. The van der Waals surface area contributed by atoms with Crippen LogP contribution in [0.1, 0.15) is 66.4 Å². The monoisotopic (exact) mass is 532 g/mol. The molecule has 0 aromatic heterocycles. The van der Waals surface area contributed by atoms with E-state index in [2.05, 4.69) is 11.8 Å². The third-order valence-corrected chi connectivity index (χ3v) is 7.91. The second kappa shape index (κ2) is 10.2. The summed E-state index contributed by atoms with van der Waals surface area (Å²) in [6, 6.07) is 6.49. The predicted molar refractivity (Wildman–Crippen MR) is 135 cm³/mol. The number of halogens is 3. The maximum absolute atomic E-state index is 15.2. The maximum Gasteiger partial charge on any atom is 0.326 e. The highest BCUT2D eigenvalue weighted by atomic mass is 35.5. The number of carboxylic acid groups (broad SMARTS) is 1. The fourth-order valence-corrected chi connectivity index (χ4v) is 5.83. The molecule has 2 aromatic rings.